The molecular weight excluding hydrogens is 290 g/mol. The molecule has 1 aliphatic heterocycles. The molecule has 0 saturated carbocycles. The molecule has 118 valence electrons. The molecule has 0 unspecified atom stereocenters. The van der Waals surface area contributed by atoms with Crippen LogP contribution in [0.4, 0.5) is 0 Å². The summed E-state index contributed by atoms with van der Waals surface area (Å²) in [4.78, 5) is 11.6. The van der Waals surface area contributed by atoms with Gasteiger partial charge >= 0.3 is 0 Å². The summed E-state index contributed by atoms with van der Waals surface area (Å²) in [7, 11) is 0. The summed E-state index contributed by atoms with van der Waals surface area (Å²) >= 11 is 0. The Bertz CT molecular complexity index is 835. The Balaban J connectivity index is 0.000000753. The summed E-state index contributed by atoms with van der Waals surface area (Å²) in [5.41, 5.74) is 2.38. The van der Waals surface area contributed by atoms with Crippen LogP contribution in [0.25, 0.3) is 22.3 Å². The molecule has 1 fully saturated rings. The molecule has 0 bridgehead atoms. The van der Waals surface area contributed by atoms with Crippen LogP contribution in [0.1, 0.15) is 20.3 Å². The molecule has 7 nitrogen and oxygen atoms in total. The molecule has 3 aromatic heterocycles. The Kier molecular flexibility index (Phi) is 4.08. The van der Waals surface area contributed by atoms with Crippen molar-refractivity contribution in [1.29, 1.82) is 5.26 Å². The Morgan fingerprint density at radius 3 is 2.87 bits per heavy atom. The molecule has 0 aromatic carbocycles. The zero-order valence-electron chi connectivity index (χ0n) is 13.2. The van der Waals surface area contributed by atoms with Gasteiger partial charge in [0.1, 0.15) is 17.5 Å². The monoisotopic (exact) mass is 309 g/mol. The third-order valence-electron chi connectivity index (χ3n) is 4.01. The normalized spacial score (nSPS) is 15.3. The van der Waals surface area contributed by atoms with E-state index in [-0.39, 0.29) is 5.54 Å². The molecule has 1 saturated heterocycles. The molecule has 0 aliphatic carbocycles. The first-order valence-electron chi connectivity index (χ1n) is 7.74. The van der Waals surface area contributed by atoms with Crippen LogP contribution in [0.5, 0.6) is 0 Å². The SMILES string of the molecule is CC.N#CCC1(n2cc(-c3ncnc4[nH]ccc34)cn2)CNC1. The first-order valence-corrected chi connectivity index (χ1v) is 7.74. The standard InChI is InChI=1S/C14H13N7.C2H6/c15-3-2-14(7-16-8-14)21-6-10(5-20-21)12-11-1-4-17-13(11)19-9-18-12;1-2/h1,4-6,9,16H,2,7-8H2,(H,17,18,19);1-2H3. The number of nitrogens with one attached hydrogen (secondary N) is 2. The molecule has 4 heterocycles. The first kappa shape index (κ1) is 15.2. The predicted molar refractivity (Wildman–Crippen MR) is 87.5 cm³/mol. The van der Waals surface area contributed by atoms with Crippen LogP contribution in [0.3, 0.4) is 0 Å². The van der Waals surface area contributed by atoms with Crippen molar-refractivity contribution < 1.29 is 0 Å². The largest absolute Gasteiger partial charge is 0.346 e. The second kappa shape index (κ2) is 6.18. The lowest BCUT2D eigenvalue weighted by Gasteiger charge is -2.41. The van der Waals surface area contributed by atoms with Crippen LogP contribution < -0.4 is 5.32 Å². The Labute approximate surface area is 134 Å². The van der Waals surface area contributed by atoms with E-state index in [0.717, 1.165) is 35.4 Å². The van der Waals surface area contributed by atoms with Crippen molar-refractivity contribution in [2.45, 2.75) is 25.8 Å². The summed E-state index contributed by atoms with van der Waals surface area (Å²) < 4.78 is 1.89. The molecule has 0 atom stereocenters. The molecule has 23 heavy (non-hydrogen) atoms. The summed E-state index contributed by atoms with van der Waals surface area (Å²) in [5.74, 6) is 0. The second-order valence-corrected chi connectivity index (χ2v) is 5.30. The number of hydrogen-bond donors (Lipinski definition) is 2. The van der Waals surface area contributed by atoms with Crippen molar-refractivity contribution >= 4 is 11.0 Å². The highest BCUT2D eigenvalue weighted by molar-refractivity contribution is 5.89. The third kappa shape index (κ3) is 2.47. The van der Waals surface area contributed by atoms with E-state index in [1.54, 1.807) is 12.5 Å². The maximum absolute atomic E-state index is 9.02. The molecule has 0 radical (unpaired) electrons. The summed E-state index contributed by atoms with van der Waals surface area (Å²) in [6.07, 6.45) is 7.60. The smallest absolute Gasteiger partial charge is 0.141 e. The van der Waals surface area contributed by atoms with Gasteiger partial charge in [-0.1, -0.05) is 13.8 Å². The van der Waals surface area contributed by atoms with Crippen LogP contribution in [0.15, 0.2) is 31.0 Å². The van der Waals surface area contributed by atoms with E-state index in [0.29, 0.717) is 6.42 Å². The number of rotatable bonds is 3. The lowest BCUT2D eigenvalue weighted by atomic mass is 9.89. The minimum absolute atomic E-state index is 0.225. The number of aromatic amines is 1. The molecule has 0 amide bonds. The van der Waals surface area contributed by atoms with Gasteiger partial charge in [0.15, 0.2) is 0 Å². The third-order valence-corrected chi connectivity index (χ3v) is 4.01. The highest BCUT2D eigenvalue weighted by atomic mass is 15.4. The molecule has 7 heteroatoms. The van der Waals surface area contributed by atoms with Crippen molar-refractivity contribution in [2.75, 3.05) is 13.1 Å². The lowest BCUT2D eigenvalue weighted by molar-refractivity contribution is 0.160. The zero-order chi connectivity index (χ0) is 16.3. The quantitative estimate of drug-likeness (QED) is 0.772. The van der Waals surface area contributed by atoms with Gasteiger partial charge < -0.3 is 10.3 Å². The highest BCUT2D eigenvalue weighted by Crippen LogP contribution is 2.29. The van der Waals surface area contributed by atoms with Crippen LogP contribution in [-0.2, 0) is 5.54 Å². The van der Waals surface area contributed by atoms with Crippen molar-refractivity contribution in [1.82, 2.24) is 30.0 Å². The molecule has 3 aromatic rings. The van der Waals surface area contributed by atoms with Crippen molar-refractivity contribution in [3.05, 3.63) is 31.0 Å². The van der Waals surface area contributed by atoms with Gasteiger partial charge in [0.2, 0.25) is 0 Å². The minimum Gasteiger partial charge on any atom is -0.346 e. The minimum atomic E-state index is -0.225. The van der Waals surface area contributed by atoms with Gasteiger partial charge in [-0.05, 0) is 6.07 Å². The number of H-pyrrole nitrogens is 1. The van der Waals surface area contributed by atoms with Crippen LogP contribution in [0.2, 0.25) is 0 Å². The summed E-state index contributed by atoms with van der Waals surface area (Å²) in [5, 5.41) is 17.7. The molecule has 2 N–H and O–H groups in total. The number of nitrogens with zero attached hydrogens (tertiary/aromatic N) is 5. The number of aromatic nitrogens is 5. The number of fused-ring (bicyclic) bond motifs is 1. The van der Waals surface area contributed by atoms with Gasteiger partial charge in [-0.25, -0.2) is 9.97 Å². The number of hydrogen-bond acceptors (Lipinski definition) is 5. The average molecular weight is 309 g/mol. The fourth-order valence-corrected chi connectivity index (χ4v) is 2.74. The maximum Gasteiger partial charge on any atom is 0.141 e. The molecule has 1 aliphatic rings. The summed E-state index contributed by atoms with van der Waals surface area (Å²) in [6, 6.07) is 4.21. The van der Waals surface area contributed by atoms with E-state index in [1.165, 1.54) is 0 Å². The maximum atomic E-state index is 9.02. The van der Waals surface area contributed by atoms with Crippen LogP contribution >= 0.6 is 0 Å². The van der Waals surface area contributed by atoms with Gasteiger partial charge in [-0.2, -0.15) is 10.4 Å². The van der Waals surface area contributed by atoms with Crippen LogP contribution in [-0.4, -0.2) is 37.8 Å². The summed E-state index contributed by atoms with van der Waals surface area (Å²) in [6.45, 7) is 5.54. The Morgan fingerprint density at radius 1 is 1.35 bits per heavy atom. The van der Waals surface area contributed by atoms with E-state index >= 15 is 0 Å². The zero-order valence-corrected chi connectivity index (χ0v) is 13.2. The first-order chi connectivity index (χ1) is 11.3. The van der Waals surface area contributed by atoms with Gasteiger partial charge in [-0.3, -0.25) is 4.68 Å². The van der Waals surface area contributed by atoms with E-state index in [9.17, 15) is 0 Å². The second-order valence-electron chi connectivity index (χ2n) is 5.30. The van der Waals surface area contributed by atoms with E-state index < -0.39 is 0 Å². The van der Waals surface area contributed by atoms with Crippen molar-refractivity contribution in [2.24, 2.45) is 0 Å². The molecular formula is C16H19N7. The highest BCUT2D eigenvalue weighted by Gasteiger charge is 2.39. The Morgan fingerprint density at radius 2 is 2.17 bits per heavy atom. The van der Waals surface area contributed by atoms with Gasteiger partial charge in [0, 0.05) is 36.4 Å². The van der Waals surface area contributed by atoms with E-state index in [1.807, 2.05) is 37.0 Å². The Hall–Kier alpha value is -2.72. The van der Waals surface area contributed by atoms with Gasteiger partial charge in [-0.15, -0.1) is 0 Å². The fraction of sp³-hybridized carbons (Fsp3) is 0.375. The van der Waals surface area contributed by atoms with E-state index in [4.69, 9.17) is 5.26 Å². The topological polar surface area (TPSA) is 95.2 Å². The van der Waals surface area contributed by atoms with Gasteiger partial charge in [0.05, 0.1) is 24.4 Å². The van der Waals surface area contributed by atoms with Crippen LogP contribution in [0, 0.1) is 11.3 Å². The van der Waals surface area contributed by atoms with Crippen molar-refractivity contribution in [3.8, 4) is 17.3 Å². The molecule has 4 rings (SSSR count). The number of nitriles is 1. The van der Waals surface area contributed by atoms with E-state index in [2.05, 4.69) is 31.4 Å². The van der Waals surface area contributed by atoms with Crippen molar-refractivity contribution in [3.63, 3.8) is 0 Å². The molecule has 0 spiro atoms. The fourth-order valence-electron chi connectivity index (χ4n) is 2.74. The predicted octanol–water partition coefficient (Wildman–Crippen LogP) is 2.06. The van der Waals surface area contributed by atoms with Gasteiger partial charge in [0.25, 0.3) is 0 Å². The average Bonchev–Trinajstić information content (AvgIpc) is 3.21. The lowest BCUT2D eigenvalue weighted by Crippen LogP contribution is -2.60.